The fourth-order valence-electron chi connectivity index (χ4n) is 1.77. The quantitative estimate of drug-likeness (QED) is 0.598. The normalized spacial score (nSPS) is 10.3. The van der Waals surface area contributed by atoms with Crippen molar-refractivity contribution in [2.45, 2.75) is 13.8 Å². The Balaban J connectivity index is 2.44. The third-order valence-corrected chi connectivity index (χ3v) is 2.82. The van der Waals surface area contributed by atoms with E-state index in [1.807, 2.05) is 32.0 Å². The summed E-state index contributed by atoms with van der Waals surface area (Å²) in [4.78, 5) is 16.1. The predicted molar refractivity (Wildman–Crippen MR) is 68.6 cm³/mol. The van der Waals surface area contributed by atoms with Crippen molar-refractivity contribution in [2.75, 3.05) is 0 Å². The lowest BCUT2D eigenvalue weighted by molar-refractivity contribution is 0.103. The number of halogens is 1. The van der Waals surface area contributed by atoms with Crippen LogP contribution in [0.5, 0.6) is 0 Å². The lowest BCUT2D eigenvalue weighted by atomic mass is 9.98. The molecule has 0 radical (unpaired) electrons. The minimum absolute atomic E-state index is 0.0215. The molecule has 0 saturated carbocycles. The summed E-state index contributed by atoms with van der Waals surface area (Å²) < 4.78 is 0. The average Bonchev–Trinajstić information content (AvgIpc) is 2.28. The molecule has 0 fully saturated rings. The van der Waals surface area contributed by atoms with Gasteiger partial charge < -0.3 is 0 Å². The van der Waals surface area contributed by atoms with Crippen LogP contribution >= 0.6 is 11.6 Å². The zero-order chi connectivity index (χ0) is 12.4. The monoisotopic (exact) mass is 245 g/mol. The second-order valence-electron chi connectivity index (χ2n) is 4.01. The first kappa shape index (κ1) is 11.8. The van der Waals surface area contributed by atoms with Crippen LogP contribution in [0.1, 0.15) is 27.0 Å². The standard InChI is InChI=1S/C14H12ClNO/c1-9-3-4-12(10(2)7-9)14(17)11-5-6-16-13(15)8-11/h3-8H,1-2H3. The second kappa shape index (κ2) is 4.68. The van der Waals surface area contributed by atoms with E-state index in [0.717, 1.165) is 11.1 Å². The topological polar surface area (TPSA) is 30.0 Å². The van der Waals surface area contributed by atoms with E-state index in [-0.39, 0.29) is 5.78 Å². The minimum Gasteiger partial charge on any atom is -0.289 e. The summed E-state index contributed by atoms with van der Waals surface area (Å²) in [5, 5.41) is 0.334. The highest BCUT2D eigenvalue weighted by Crippen LogP contribution is 2.17. The molecule has 1 heterocycles. The van der Waals surface area contributed by atoms with Crippen molar-refractivity contribution >= 4 is 17.4 Å². The van der Waals surface area contributed by atoms with Crippen molar-refractivity contribution in [3.8, 4) is 0 Å². The summed E-state index contributed by atoms with van der Waals surface area (Å²) >= 11 is 5.78. The van der Waals surface area contributed by atoms with Crippen molar-refractivity contribution in [1.82, 2.24) is 4.98 Å². The van der Waals surface area contributed by atoms with Crippen LogP contribution in [-0.2, 0) is 0 Å². The SMILES string of the molecule is Cc1ccc(C(=O)c2ccnc(Cl)c2)c(C)c1. The number of pyridine rings is 1. The Labute approximate surface area is 105 Å². The molecule has 0 saturated heterocycles. The maximum absolute atomic E-state index is 12.2. The van der Waals surface area contributed by atoms with E-state index in [1.165, 1.54) is 0 Å². The molecule has 0 aliphatic heterocycles. The van der Waals surface area contributed by atoms with Gasteiger partial charge in [-0.15, -0.1) is 0 Å². The lowest BCUT2D eigenvalue weighted by Gasteiger charge is -2.06. The predicted octanol–water partition coefficient (Wildman–Crippen LogP) is 3.58. The van der Waals surface area contributed by atoms with Crippen molar-refractivity contribution in [1.29, 1.82) is 0 Å². The highest BCUT2D eigenvalue weighted by atomic mass is 35.5. The number of hydrogen-bond acceptors (Lipinski definition) is 2. The molecular formula is C14H12ClNO. The molecule has 2 nitrogen and oxygen atoms in total. The summed E-state index contributed by atoms with van der Waals surface area (Å²) in [6.07, 6.45) is 1.54. The fraction of sp³-hybridized carbons (Fsp3) is 0.143. The van der Waals surface area contributed by atoms with E-state index in [0.29, 0.717) is 16.3 Å². The summed E-state index contributed by atoms with van der Waals surface area (Å²) in [6.45, 7) is 3.94. The van der Waals surface area contributed by atoms with Gasteiger partial charge in [-0.3, -0.25) is 4.79 Å². The number of carbonyl (C=O) groups is 1. The van der Waals surface area contributed by atoms with Crippen LogP contribution in [0.4, 0.5) is 0 Å². The molecule has 3 heteroatoms. The summed E-state index contributed by atoms with van der Waals surface area (Å²) in [5.74, 6) is -0.0215. The van der Waals surface area contributed by atoms with Crippen LogP contribution in [0.2, 0.25) is 5.15 Å². The molecule has 1 aromatic carbocycles. The molecule has 0 aliphatic carbocycles. The number of nitrogens with zero attached hydrogens (tertiary/aromatic N) is 1. The number of benzene rings is 1. The molecular weight excluding hydrogens is 234 g/mol. The Hall–Kier alpha value is -1.67. The highest BCUT2D eigenvalue weighted by Gasteiger charge is 2.12. The first-order chi connectivity index (χ1) is 8.08. The summed E-state index contributed by atoms with van der Waals surface area (Å²) in [7, 11) is 0. The van der Waals surface area contributed by atoms with Crippen LogP contribution in [0.15, 0.2) is 36.5 Å². The lowest BCUT2D eigenvalue weighted by Crippen LogP contribution is -2.04. The molecule has 0 aliphatic rings. The van der Waals surface area contributed by atoms with Crippen molar-refractivity contribution < 1.29 is 4.79 Å². The van der Waals surface area contributed by atoms with Gasteiger partial charge in [0.05, 0.1) is 0 Å². The van der Waals surface area contributed by atoms with Gasteiger partial charge in [0.25, 0.3) is 0 Å². The zero-order valence-corrected chi connectivity index (χ0v) is 10.5. The number of ketones is 1. The summed E-state index contributed by atoms with van der Waals surface area (Å²) in [6, 6.07) is 9.04. The van der Waals surface area contributed by atoms with Gasteiger partial charge in [0.2, 0.25) is 0 Å². The molecule has 0 unspecified atom stereocenters. The maximum Gasteiger partial charge on any atom is 0.193 e. The van der Waals surface area contributed by atoms with E-state index >= 15 is 0 Å². The molecule has 2 aromatic rings. The van der Waals surface area contributed by atoms with Gasteiger partial charge in [0.15, 0.2) is 5.78 Å². The number of rotatable bonds is 2. The van der Waals surface area contributed by atoms with Crippen molar-refractivity contribution in [3.05, 3.63) is 63.9 Å². The highest BCUT2D eigenvalue weighted by molar-refractivity contribution is 6.30. The first-order valence-electron chi connectivity index (χ1n) is 5.31. The molecule has 0 amide bonds. The third-order valence-electron chi connectivity index (χ3n) is 2.62. The van der Waals surface area contributed by atoms with Gasteiger partial charge in [-0.1, -0.05) is 35.4 Å². The van der Waals surface area contributed by atoms with Crippen molar-refractivity contribution in [2.24, 2.45) is 0 Å². The maximum atomic E-state index is 12.2. The fourth-order valence-corrected chi connectivity index (χ4v) is 1.94. The Morgan fingerprint density at radius 3 is 2.59 bits per heavy atom. The Bertz CT molecular complexity index is 578. The van der Waals surface area contributed by atoms with Crippen LogP contribution in [0, 0.1) is 13.8 Å². The molecule has 0 atom stereocenters. The molecule has 86 valence electrons. The van der Waals surface area contributed by atoms with Gasteiger partial charge >= 0.3 is 0 Å². The van der Waals surface area contributed by atoms with E-state index in [1.54, 1.807) is 18.3 Å². The smallest absolute Gasteiger partial charge is 0.193 e. The first-order valence-corrected chi connectivity index (χ1v) is 5.69. The Morgan fingerprint density at radius 1 is 1.18 bits per heavy atom. The molecule has 0 N–H and O–H groups in total. The summed E-state index contributed by atoms with van der Waals surface area (Å²) in [5.41, 5.74) is 3.39. The van der Waals surface area contributed by atoms with Crippen LogP contribution in [0.3, 0.4) is 0 Å². The molecule has 17 heavy (non-hydrogen) atoms. The van der Waals surface area contributed by atoms with Gasteiger partial charge in [-0.05, 0) is 31.5 Å². The number of carbonyl (C=O) groups excluding carboxylic acids is 1. The van der Waals surface area contributed by atoms with Crippen LogP contribution in [0.25, 0.3) is 0 Å². The Morgan fingerprint density at radius 2 is 1.94 bits per heavy atom. The van der Waals surface area contributed by atoms with Crippen LogP contribution < -0.4 is 0 Å². The van der Waals surface area contributed by atoms with Crippen LogP contribution in [-0.4, -0.2) is 10.8 Å². The number of hydrogen-bond donors (Lipinski definition) is 0. The van der Waals surface area contributed by atoms with Gasteiger partial charge in [-0.2, -0.15) is 0 Å². The third kappa shape index (κ3) is 2.53. The van der Waals surface area contributed by atoms with Gasteiger partial charge in [0.1, 0.15) is 5.15 Å². The van der Waals surface area contributed by atoms with Crippen molar-refractivity contribution in [3.63, 3.8) is 0 Å². The zero-order valence-electron chi connectivity index (χ0n) is 9.70. The average molecular weight is 246 g/mol. The molecule has 2 rings (SSSR count). The van der Waals surface area contributed by atoms with E-state index in [4.69, 9.17) is 11.6 Å². The second-order valence-corrected chi connectivity index (χ2v) is 4.40. The Kier molecular flexibility index (Phi) is 3.25. The molecule has 0 bridgehead atoms. The number of aryl methyl sites for hydroxylation is 2. The van der Waals surface area contributed by atoms with E-state index < -0.39 is 0 Å². The van der Waals surface area contributed by atoms with E-state index in [2.05, 4.69) is 4.98 Å². The molecule has 0 spiro atoms. The van der Waals surface area contributed by atoms with Gasteiger partial charge in [0, 0.05) is 17.3 Å². The van der Waals surface area contributed by atoms with Gasteiger partial charge in [-0.25, -0.2) is 4.98 Å². The minimum atomic E-state index is -0.0215. The molecule has 1 aromatic heterocycles. The van der Waals surface area contributed by atoms with E-state index in [9.17, 15) is 4.79 Å². The number of aromatic nitrogens is 1. The largest absolute Gasteiger partial charge is 0.289 e.